The Hall–Kier alpha value is -2.64. The van der Waals surface area contributed by atoms with Gasteiger partial charge < -0.3 is 9.97 Å². The van der Waals surface area contributed by atoms with E-state index in [1.165, 1.54) is 0 Å². The van der Waals surface area contributed by atoms with Crippen LogP contribution in [0, 0.1) is 0 Å². The molecular weight excluding hydrogens is 240 g/mol. The van der Waals surface area contributed by atoms with Gasteiger partial charge in [0.25, 0.3) is 11.1 Å². The van der Waals surface area contributed by atoms with Gasteiger partial charge in [-0.1, -0.05) is 0 Å². The zero-order chi connectivity index (χ0) is 12.9. The van der Waals surface area contributed by atoms with Crippen molar-refractivity contribution in [1.29, 1.82) is 0 Å². The third kappa shape index (κ3) is 1.46. The minimum absolute atomic E-state index is 0.121. The Bertz CT molecular complexity index is 793. The quantitative estimate of drug-likeness (QED) is 0.364. The molecule has 2 aromatic rings. The number of aromatic nitrogens is 4. The highest BCUT2D eigenvalue weighted by Crippen LogP contribution is 2.17. The van der Waals surface area contributed by atoms with Crippen molar-refractivity contribution in [2.75, 3.05) is 0 Å². The van der Waals surface area contributed by atoms with E-state index in [0.29, 0.717) is 22.5 Å². The first-order valence-electron chi connectivity index (χ1n) is 5.23. The van der Waals surface area contributed by atoms with Crippen molar-refractivity contribution < 1.29 is 0 Å². The molecule has 0 amide bonds. The molecule has 0 aliphatic heterocycles. The lowest BCUT2D eigenvalue weighted by Crippen LogP contribution is -2.35. The van der Waals surface area contributed by atoms with Crippen molar-refractivity contribution in [3.05, 3.63) is 64.2 Å². The molecule has 0 saturated heterocycles. The topological polar surface area (TPSA) is 131 Å². The fourth-order valence-electron chi connectivity index (χ4n) is 2.15. The van der Waals surface area contributed by atoms with Gasteiger partial charge in [0.05, 0.1) is 0 Å². The largest absolute Gasteiger partial charge is 0.325 e. The molecule has 4 N–H and O–H groups in total. The third-order valence-corrected chi connectivity index (χ3v) is 2.97. The molecular formula is C10H8N4O4. The Labute approximate surface area is 97.7 Å². The maximum Gasteiger partial charge on any atom is 0.325 e. The zero-order valence-electron chi connectivity index (χ0n) is 9.05. The smallest absolute Gasteiger partial charge is 0.311 e. The molecule has 0 atom stereocenters. The highest BCUT2D eigenvalue weighted by molar-refractivity contribution is 5.36. The first kappa shape index (κ1) is 10.5. The van der Waals surface area contributed by atoms with Gasteiger partial charge in [-0.05, 0) is 0 Å². The van der Waals surface area contributed by atoms with E-state index in [1.54, 1.807) is 0 Å². The summed E-state index contributed by atoms with van der Waals surface area (Å²) in [5.74, 6) is 0. The van der Waals surface area contributed by atoms with Crippen molar-refractivity contribution in [1.82, 2.24) is 19.9 Å². The number of aromatic amines is 4. The summed E-state index contributed by atoms with van der Waals surface area (Å²) in [5, 5.41) is 0. The minimum atomic E-state index is -0.608. The molecule has 8 heteroatoms. The number of hydrogen-bond donors (Lipinski definition) is 4. The SMILES string of the molecule is O=c1[nH]c2c(c(=O)[nH]1)Cc1[nH]c(=O)[nH]c(=O)c1C2. The van der Waals surface area contributed by atoms with Crippen molar-refractivity contribution in [3.8, 4) is 0 Å². The van der Waals surface area contributed by atoms with Crippen molar-refractivity contribution in [3.63, 3.8) is 0 Å². The summed E-state index contributed by atoms with van der Waals surface area (Å²) in [6.07, 6.45) is 0.242. The minimum Gasteiger partial charge on any atom is -0.311 e. The van der Waals surface area contributed by atoms with Gasteiger partial charge in [0, 0.05) is 35.4 Å². The van der Waals surface area contributed by atoms with Gasteiger partial charge in [0.15, 0.2) is 0 Å². The summed E-state index contributed by atoms with van der Waals surface area (Å²) >= 11 is 0. The van der Waals surface area contributed by atoms with E-state index >= 15 is 0 Å². The summed E-state index contributed by atoms with van der Waals surface area (Å²) in [6, 6.07) is 0. The van der Waals surface area contributed by atoms with Crippen molar-refractivity contribution >= 4 is 0 Å². The Balaban J connectivity index is 2.30. The number of fused-ring (bicyclic) bond motifs is 2. The predicted octanol–water partition coefficient (Wildman–Crippen LogP) is -2.07. The first-order valence-corrected chi connectivity index (χ1v) is 5.23. The summed E-state index contributed by atoms with van der Waals surface area (Å²) < 4.78 is 0. The highest BCUT2D eigenvalue weighted by atomic mass is 16.2. The summed E-state index contributed by atoms with van der Waals surface area (Å²) in [4.78, 5) is 54.8. The molecule has 0 fully saturated rings. The van der Waals surface area contributed by atoms with Gasteiger partial charge in [0.1, 0.15) is 0 Å². The van der Waals surface area contributed by atoms with Crippen LogP contribution in [-0.4, -0.2) is 19.9 Å². The van der Waals surface area contributed by atoms with Crippen LogP contribution in [0.3, 0.4) is 0 Å². The van der Waals surface area contributed by atoms with Crippen LogP contribution in [0.25, 0.3) is 0 Å². The van der Waals surface area contributed by atoms with Gasteiger partial charge in [-0.25, -0.2) is 9.59 Å². The lowest BCUT2D eigenvalue weighted by atomic mass is 9.94. The molecule has 0 unspecified atom stereocenters. The molecule has 1 aliphatic carbocycles. The lowest BCUT2D eigenvalue weighted by molar-refractivity contribution is 0.807. The summed E-state index contributed by atoms with van der Waals surface area (Å²) in [5.41, 5.74) is -0.665. The predicted molar refractivity (Wildman–Crippen MR) is 61.0 cm³/mol. The number of rotatable bonds is 0. The van der Waals surface area contributed by atoms with E-state index in [2.05, 4.69) is 19.9 Å². The number of hydrogen-bond acceptors (Lipinski definition) is 4. The second-order valence-corrected chi connectivity index (χ2v) is 4.08. The molecule has 8 nitrogen and oxygen atoms in total. The molecule has 1 aliphatic rings. The van der Waals surface area contributed by atoms with Crippen LogP contribution in [-0.2, 0) is 12.8 Å². The van der Waals surface area contributed by atoms with Crippen LogP contribution < -0.4 is 22.5 Å². The number of H-pyrrole nitrogens is 4. The van der Waals surface area contributed by atoms with E-state index in [9.17, 15) is 19.2 Å². The van der Waals surface area contributed by atoms with Crippen molar-refractivity contribution in [2.24, 2.45) is 0 Å². The molecule has 0 spiro atoms. The molecule has 2 heterocycles. The fourth-order valence-corrected chi connectivity index (χ4v) is 2.15. The molecule has 92 valence electrons. The Morgan fingerprint density at radius 2 is 1.00 bits per heavy atom. The third-order valence-electron chi connectivity index (χ3n) is 2.97. The summed E-state index contributed by atoms with van der Waals surface area (Å²) in [7, 11) is 0. The van der Waals surface area contributed by atoms with Crippen LogP contribution in [0.1, 0.15) is 22.5 Å². The van der Waals surface area contributed by atoms with Gasteiger partial charge >= 0.3 is 11.4 Å². The molecule has 0 radical (unpaired) electrons. The molecule has 3 rings (SSSR count). The Morgan fingerprint density at radius 1 is 0.611 bits per heavy atom. The van der Waals surface area contributed by atoms with Crippen LogP contribution in [0.5, 0.6) is 0 Å². The average Bonchev–Trinajstić information content (AvgIpc) is 2.27. The van der Waals surface area contributed by atoms with Gasteiger partial charge in [-0.15, -0.1) is 0 Å². The van der Waals surface area contributed by atoms with Crippen molar-refractivity contribution in [2.45, 2.75) is 12.8 Å². The molecule has 18 heavy (non-hydrogen) atoms. The van der Waals surface area contributed by atoms with Crippen LogP contribution in [0.15, 0.2) is 19.2 Å². The van der Waals surface area contributed by atoms with Crippen LogP contribution in [0.2, 0.25) is 0 Å². The molecule has 0 saturated carbocycles. The monoisotopic (exact) mass is 248 g/mol. The standard InChI is InChI=1S/C10H8N4O4/c15-7-3-1-5-4(8(16)14-9(17)11-5)2-6(3)12-10(18)13-7/h1-2H2,(H2,11,14,16,17)(H2,12,13,15,18). The average molecular weight is 248 g/mol. The summed E-state index contributed by atoms with van der Waals surface area (Å²) in [6.45, 7) is 0. The lowest BCUT2D eigenvalue weighted by Gasteiger charge is -2.16. The molecule has 0 bridgehead atoms. The molecule has 0 aromatic carbocycles. The van der Waals surface area contributed by atoms with E-state index in [1.807, 2.05) is 0 Å². The second kappa shape index (κ2) is 3.42. The Kier molecular flexibility index (Phi) is 2.00. The van der Waals surface area contributed by atoms with Gasteiger partial charge in [-0.2, -0.15) is 0 Å². The normalized spacial score (nSPS) is 12.9. The maximum absolute atomic E-state index is 11.6. The molecule has 2 aromatic heterocycles. The van der Waals surface area contributed by atoms with Gasteiger partial charge in [0.2, 0.25) is 0 Å². The number of nitrogens with one attached hydrogen (secondary N) is 4. The second-order valence-electron chi connectivity index (χ2n) is 4.08. The zero-order valence-corrected chi connectivity index (χ0v) is 9.05. The van der Waals surface area contributed by atoms with E-state index in [-0.39, 0.29) is 12.8 Å². The van der Waals surface area contributed by atoms with E-state index < -0.39 is 22.5 Å². The van der Waals surface area contributed by atoms with Gasteiger partial charge in [-0.3, -0.25) is 19.6 Å². The van der Waals surface area contributed by atoms with E-state index in [0.717, 1.165) is 0 Å². The highest BCUT2D eigenvalue weighted by Gasteiger charge is 2.22. The van der Waals surface area contributed by atoms with E-state index in [4.69, 9.17) is 0 Å². The van der Waals surface area contributed by atoms with Crippen LogP contribution in [0.4, 0.5) is 0 Å². The van der Waals surface area contributed by atoms with Crippen LogP contribution >= 0.6 is 0 Å². The maximum atomic E-state index is 11.6. The first-order chi connectivity index (χ1) is 8.54. The Morgan fingerprint density at radius 3 is 1.39 bits per heavy atom. The fraction of sp³-hybridized carbons (Fsp3) is 0.200.